The summed E-state index contributed by atoms with van der Waals surface area (Å²) in [5.41, 5.74) is 1.95. The van der Waals surface area contributed by atoms with E-state index in [0.717, 1.165) is 22.2 Å². The number of aromatic nitrogens is 1. The van der Waals surface area contributed by atoms with Gasteiger partial charge in [-0.05, 0) is 31.7 Å². The van der Waals surface area contributed by atoms with Crippen LogP contribution in [-0.4, -0.2) is 35.8 Å². The summed E-state index contributed by atoms with van der Waals surface area (Å²) in [5, 5.41) is 12.9. The van der Waals surface area contributed by atoms with Gasteiger partial charge < -0.3 is 20.1 Å². The first-order valence-electron chi connectivity index (χ1n) is 6.28. The van der Waals surface area contributed by atoms with Crippen LogP contribution >= 0.6 is 0 Å². The van der Waals surface area contributed by atoms with Crippen LogP contribution < -0.4 is 10.1 Å². The summed E-state index contributed by atoms with van der Waals surface area (Å²) in [6.07, 6.45) is 2.30. The van der Waals surface area contributed by atoms with Crippen molar-refractivity contribution < 1.29 is 14.6 Å². The lowest BCUT2D eigenvalue weighted by Crippen LogP contribution is -2.35. The average Bonchev–Trinajstić information content (AvgIpc) is 2.78. The molecule has 3 N–H and O–H groups in total. The molecule has 1 atom stereocenters. The van der Waals surface area contributed by atoms with E-state index in [0.29, 0.717) is 13.0 Å². The molecule has 0 aliphatic heterocycles. The number of nitrogens with one attached hydrogen (secondary N) is 2. The minimum atomic E-state index is -0.845. The molecule has 0 aliphatic rings. The topological polar surface area (TPSA) is 74.3 Å². The number of carboxylic acids is 1. The van der Waals surface area contributed by atoms with Crippen molar-refractivity contribution in [2.45, 2.75) is 19.4 Å². The summed E-state index contributed by atoms with van der Waals surface area (Å²) in [6, 6.07) is 5.21. The molecular formula is C14H18N2O3. The number of benzene rings is 1. The fourth-order valence-electron chi connectivity index (χ4n) is 2.12. The number of aromatic amines is 1. The zero-order valence-corrected chi connectivity index (χ0v) is 11.1. The summed E-state index contributed by atoms with van der Waals surface area (Å²) >= 11 is 0. The number of hydrogen-bond acceptors (Lipinski definition) is 3. The van der Waals surface area contributed by atoms with E-state index in [1.807, 2.05) is 31.3 Å². The highest BCUT2D eigenvalue weighted by Crippen LogP contribution is 2.24. The quantitative estimate of drug-likeness (QED) is 0.742. The first kappa shape index (κ1) is 13.4. The van der Waals surface area contributed by atoms with Gasteiger partial charge in [0, 0.05) is 29.6 Å². The summed E-state index contributed by atoms with van der Waals surface area (Å²) < 4.78 is 5.44. The Labute approximate surface area is 111 Å². The Hall–Kier alpha value is -2.01. The summed E-state index contributed by atoms with van der Waals surface area (Å²) in [6.45, 7) is 2.56. The van der Waals surface area contributed by atoms with Gasteiger partial charge in [-0.15, -0.1) is 0 Å². The molecule has 0 saturated carbocycles. The number of ether oxygens (including phenoxy) is 1. The minimum Gasteiger partial charge on any atom is -0.494 e. The fourth-order valence-corrected chi connectivity index (χ4v) is 2.12. The van der Waals surface area contributed by atoms with Gasteiger partial charge in [-0.3, -0.25) is 4.79 Å². The molecule has 102 valence electrons. The van der Waals surface area contributed by atoms with E-state index in [1.54, 1.807) is 7.05 Å². The number of aliphatic carboxylic acids is 1. The van der Waals surface area contributed by atoms with E-state index in [-0.39, 0.29) is 0 Å². The maximum Gasteiger partial charge on any atom is 0.321 e. The molecule has 5 heteroatoms. The molecule has 5 nitrogen and oxygen atoms in total. The number of likely N-dealkylation sites (N-methyl/N-ethyl adjacent to an activating group) is 1. The standard InChI is InChI=1S/C14H18N2O3/c1-3-19-10-4-5-11-9(8-16-12(11)7-10)6-13(15-2)14(17)18/h4-5,7-8,13,15-16H,3,6H2,1-2H3,(H,17,18)/t13-/m0/s1. The molecule has 0 saturated heterocycles. The molecule has 2 rings (SSSR count). The van der Waals surface area contributed by atoms with E-state index >= 15 is 0 Å². The number of rotatable bonds is 6. The Morgan fingerprint density at radius 3 is 2.95 bits per heavy atom. The summed E-state index contributed by atoms with van der Waals surface area (Å²) in [7, 11) is 1.65. The van der Waals surface area contributed by atoms with E-state index in [2.05, 4.69) is 10.3 Å². The second-order valence-electron chi connectivity index (χ2n) is 4.34. The van der Waals surface area contributed by atoms with Crippen molar-refractivity contribution in [3.05, 3.63) is 30.0 Å². The third-order valence-electron chi connectivity index (χ3n) is 3.12. The molecule has 1 aromatic heterocycles. The van der Waals surface area contributed by atoms with Gasteiger partial charge in [0.05, 0.1) is 6.61 Å². The fraction of sp³-hybridized carbons (Fsp3) is 0.357. The van der Waals surface area contributed by atoms with Gasteiger partial charge in [0.2, 0.25) is 0 Å². The highest BCUT2D eigenvalue weighted by Gasteiger charge is 2.17. The van der Waals surface area contributed by atoms with Crippen molar-refractivity contribution in [2.75, 3.05) is 13.7 Å². The van der Waals surface area contributed by atoms with Gasteiger partial charge in [0.1, 0.15) is 11.8 Å². The van der Waals surface area contributed by atoms with Crippen LogP contribution in [0.4, 0.5) is 0 Å². The van der Waals surface area contributed by atoms with Crippen LogP contribution in [-0.2, 0) is 11.2 Å². The highest BCUT2D eigenvalue weighted by atomic mass is 16.5. The predicted molar refractivity (Wildman–Crippen MR) is 73.7 cm³/mol. The van der Waals surface area contributed by atoms with Gasteiger partial charge in [0.15, 0.2) is 0 Å². The largest absolute Gasteiger partial charge is 0.494 e. The van der Waals surface area contributed by atoms with Gasteiger partial charge >= 0.3 is 5.97 Å². The van der Waals surface area contributed by atoms with Gasteiger partial charge in [-0.25, -0.2) is 0 Å². The van der Waals surface area contributed by atoms with Crippen molar-refractivity contribution in [1.82, 2.24) is 10.3 Å². The molecule has 1 aromatic carbocycles. The first-order valence-corrected chi connectivity index (χ1v) is 6.28. The zero-order chi connectivity index (χ0) is 13.8. The molecule has 0 radical (unpaired) electrons. The third-order valence-corrected chi connectivity index (χ3v) is 3.12. The van der Waals surface area contributed by atoms with Gasteiger partial charge in [-0.2, -0.15) is 0 Å². The van der Waals surface area contributed by atoms with Crippen LogP contribution in [0.2, 0.25) is 0 Å². The molecule has 0 unspecified atom stereocenters. The van der Waals surface area contributed by atoms with E-state index in [9.17, 15) is 4.79 Å². The number of carbonyl (C=O) groups is 1. The Morgan fingerprint density at radius 1 is 1.53 bits per heavy atom. The molecule has 0 spiro atoms. The zero-order valence-electron chi connectivity index (χ0n) is 11.1. The summed E-state index contributed by atoms with van der Waals surface area (Å²) in [5.74, 6) is -0.0328. The molecule has 19 heavy (non-hydrogen) atoms. The van der Waals surface area contributed by atoms with Crippen molar-refractivity contribution >= 4 is 16.9 Å². The van der Waals surface area contributed by atoms with E-state index in [1.165, 1.54) is 0 Å². The molecule has 0 bridgehead atoms. The predicted octanol–water partition coefficient (Wildman–Crippen LogP) is 1.78. The third kappa shape index (κ3) is 2.88. The normalized spacial score (nSPS) is 12.5. The lowest BCUT2D eigenvalue weighted by atomic mass is 10.1. The van der Waals surface area contributed by atoms with Crippen LogP contribution in [0.3, 0.4) is 0 Å². The maximum atomic E-state index is 11.0. The van der Waals surface area contributed by atoms with Crippen LogP contribution in [0.5, 0.6) is 5.75 Å². The monoisotopic (exact) mass is 262 g/mol. The average molecular weight is 262 g/mol. The van der Waals surface area contributed by atoms with Crippen molar-refractivity contribution in [3.63, 3.8) is 0 Å². The van der Waals surface area contributed by atoms with Crippen molar-refractivity contribution in [3.8, 4) is 5.75 Å². The second-order valence-corrected chi connectivity index (χ2v) is 4.34. The highest BCUT2D eigenvalue weighted by molar-refractivity contribution is 5.85. The molecule has 0 aliphatic carbocycles. The molecule has 0 fully saturated rings. The molecule has 2 aromatic rings. The van der Waals surface area contributed by atoms with E-state index in [4.69, 9.17) is 9.84 Å². The van der Waals surface area contributed by atoms with Crippen molar-refractivity contribution in [2.24, 2.45) is 0 Å². The van der Waals surface area contributed by atoms with Crippen LogP contribution in [0, 0.1) is 0 Å². The number of H-pyrrole nitrogens is 1. The van der Waals surface area contributed by atoms with E-state index < -0.39 is 12.0 Å². The van der Waals surface area contributed by atoms with Crippen LogP contribution in [0.1, 0.15) is 12.5 Å². The maximum absolute atomic E-state index is 11.0. The van der Waals surface area contributed by atoms with Crippen LogP contribution in [0.15, 0.2) is 24.4 Å². The van der Waals surface area contributed by atoms with Crippen LogP contribution in [0.25, 0.3) is 10.9 Å². The Kier molecular flexibility index (Phi) is 4.06. The molecular weight excluding hydrogens is 244 g/mol. The summed E-state index contributed by atoms with van der Waals surface area (Å²) in [4.78, 5) is 14.2. The number of hydrogen-bond donors (Lipinski definition) is 3. The van der Waals surface area contributed by atoms with Crippen molar-refractivity contribution in [1.29, 1.82) is 0 Å². The van der Waals surface area contributed by atoms with Gasteiger partial charge in [-0.1, -0.05) is 0 Å². The lowest BCUT2D eigenvalue weighted by Gasteiger charge is -2.10. The first-order chi connectivity index (χ1) is 9.15. The SMILES string of the molecule is CCOc1ccc2c(C[C@H](NC)C(=O)O)c[nH]c2c1. The Bertz CT molecular complexity index is 577. The lowest BCUT2D eigenvalue weighted by molar-refractivity contribution is -0.139. The molecule has 0 amide bonds. The Morgan fingerprint density at radius 2 is 2.32 bits per heavy atom. The second kappa shape index (κ2) is 5.75. The number of fused-ring (bicyclic) bond motifs is 1. The minimum absolute atomic E-state index is 0.444. The Balaban J connectivity index is 2.27. The number of carboxylic acid groups (broad SMARTS) is 1. The smallest absolute Gasteiger partial charge is 0.321 e. The molecule has 1 heterocycles. The van der Waals surface area contributed by atoms with Gasteiger partial charge in [0.25, 0.3) is 0 Å².